The Kier molecular flexibility index (Phi) is 4.99. The Bertz CT molecular complexity index is 1260. The van der Waals surface area contributed by atoms with E-state index in [2.05, 4.69) is 24.7 Å². The van der Waals surface area contributed by atoms with Gasteiger partial charge < -0.3 is 25.0 Å². The zero-order valence-electron chi connectivity index (χ0n) is 19.3. The van der Waals surface area contributed by atoms with Gasteiger partial charge in [0.25, 0.3) is 0 Å². The molecule has 3 aromatic rings. The Balaban J connectivity index is 1.42. The lowest BCUT2D eigenvalue weighted by molar-refractivity contribution is -0.274. The number of anilines is 2. The molecule has 0 radical (unpaired) electrons. The SMILES string of the molecule is CN1CCOc2c1c(N1CCC3(CC1)CC(N)C3)nn1c(-c3cccc(OC(F)(F)F)c3)nnc21. The highest BCUT2D eigenvalue weighted by molar-refractivity contribution is 5.82. The van der Waals surface area contributed by atoms with Crippen LogP contribution in [0.1, 0.15) is 25.7 Å². The van der Waals surface area contributed by atoms with Gasteiger partial charge in [0.15, 0.2) is 17.4 Å². The van der Waals surface area contributed by atoms with Gasteiger partial charge in [-0.05, 0) is 43.2 Å². The molecule has 3 aliphatic rings. The minimum Gasteiger partial charge on any atom is -0.486 e. The Labute approximate surface area is 199 Å². The minimum atomic E-state index is -4.79. The summed E-state index contributed by atoms with van der Waals surface area (Å²) in [5, 5.41) is 13.5. The fourth-order valence-electron chi connectivity index (χ4n) is 5.62. The molecule has 0 unspecified atom stereocenters. The number of aromatic nitrogens is 4. The molecular formula is C23H26F3N7O2. The third-order valence-electron chi connectivity index (χ3n) is 7.36. The van der Waals surface area contributed by atoms with Crippen molar-refractivity contribution >= 4 is 17.2 Å². The van der Waals surface area contributed by atoms with E-state index in [1.807, 2.05) is 7.05 Å². The molecule has 9 nitrogen and oxygen atoms in total. The lowest BCUT2D eigenvalue weighted by atomic mass is 9.61. The molecule has 2 aliphatic heterocycles. The van der Waals surface area contributed by atoms with E-state index in [0.29, 0.717) is 47.4 Å². The van der Waals surface area contributed by atoms with Gasteiger partial charge in [0.05, 0.1) is 6.54 Å². The number of benzene rings is 1. The van der Waals surface area contributed by atoms with Gasteiger partial charge >= 0.3 is 6.36 Å². The van der Waals surface area contributed by atoms with Crippen LogP contribution in [0.4, 0.5) is 24.7 Å². The molecule has 0 bridgehead atoms. The van der Waals surface area contributed by atoms with E-state index >= 15 is 0 Å². The quantitative estimate of drug-likeness (QED) is 0.600. The summed E-state index contributed by atoms with van der Waals surface area (Å²) in [4.78, 5) is 4.36. The van der Waals surface area contributed by atoms with Crippen LogP contribution >= 0.6 is 0 Å². The van der Waals surface area contributed by atoms with E-state index in [1.54, 1.807) is 10.6 Å². The standard InChI is InChI=1S/C23H26F3N7O2/c1-31-9-10-34-18-17(31)20(32-7-5-22(6-8-32)12-15(27)13-22)30-33-19(28-29-21(18)33)14-3-2-4-16(11-14)35-23(24,25)26/h2-4,11,15H,5-10,12-13,27H2,1H3. The van der Waals surface area contributed by atoms with Gasteiger partial charge in [-0.15, -0.1) is 28.5 Å². The Hall–Kier alpha value is -3.28. The summed E-state index contributed by atoms with van der Waals surface area (Å²) in [5.41, 5.74) is 8.09. The molecule has 6 rings (SSSR count). The van der Waals surface area contributed by atoms with Crippen molar-refractivity contribution in [1.29, 1.82) is 0 Å². The maximum atomic E-state index is 12.8. The Morgan fingerprint density at radius 3 is 2.63 bits per heavy atom. The number of halogens is 3. The smallest absolute Gasteiger partial charge is 0.486 e. The third kappa shape index (κ3) is 3.89. The summed E-state index contributed by atoms with van der Waals surface area (Å²) in [5.74, 6) is 1.32. The van der Waals surface area contributed by atoms with Crippen molar-refractivity contribution in [3.8, 4) is 22.9 Å². The molecule has 1 saturated carbocycles. The van der Waals surface area contributed by atoms with E-state index in [0.717, 1.165) is 50.3 Å². The summed E-state index contributed by atoms with van der Waals surface area (Å²) < 4.78 is 50.0. The van der Waals surface area contributed by atoms with Crippen LogP contribution in [0.25, 0.3) is 17.0 Å². The van der Waals surface area contributed by atoms with Crippen LogP contribution in [0.2, 0.25) is 0 Å². The molecule has 1 aliphatic carbocycles. The average Bonchev–Trinajstić information content (AvgIpc) is 3.22. The number of hydrogen-bond donors (Lipinski definition) is 1. The van der Waals surface area contributed by atoms with Crippen molar-refractivity contribution < 1.29 is 22.6 Å². The summed E-state index contributed by atoms with van der Waals surface area (Å²) >= 11 is 0. The number of nitrogens with zero attached hydrogens (tertiary/aromatic N) is 6. The average molecular weight is 490 g/mol. The van der Waals surface area contributed by atoms with Crippen LogP contribution in [-0.2, 0) is 0 Å². The van der Waals surface area contributed by atoms with Crippen LogP contribution < -0.4 is 25.0 Å². The van der Waals surface area contributed by atoms with E-state index in [1.165, 1.54) is 18.2 Å². The first-order valence-corrected chi connectivity index (χ1v) is 11.7. The minimum absolute atomic E-state index is 0.306. The number of piperidine rings is 1. The molecule has 1 saturated heterocycles. The molecule has 0 amide bonds. The summed E-state index contributed by atoms with van der Waals surface area (Å²) in [6.45, 7) is 2.89. The van der Waals surface area contributed by atoms with Crippen LogP contribution in [0.15, 0.2) is 24.3 Å². The summed E-state index contributed by atoms with van der Waals surface area (Å²) in [6, 6.07) is 5.96. The lowest BCUT2D eigenvalue weighted by Crippen LogP contribution is -2.52. The zero-order valence-corrected chi connectivity index (χ0v) is 19.3. The van der Waals surface area contributed by atoms with Gasteiger partial charge in [-0.2, -0.15) is 4.52 Å². The van der Waals surface area contributed by atoms with E-state index in [9.17, 15) is 13.2 Å². The highest BCUT2D eigenvalue weighted by atomic mass is 19.4. The van der Waals surface area contributed by atoms with Gasteiger partial charge in [-0.25, -0.2) is 0 Å². The first-order chi connectivity index (χ1) is 16.7. The van der Waals surface area contributed by atoms with Crippen molar-refractivity contribution in [1.82, 2.24) is 19.8 Å². The number of fused-ring (bicyclic) bond motifs is 3. The van der Waals surface area contributed by atoms with Gasteiger partial charge in [-0.3, -0.25) is 0 Å². The molecule has 1 aromatic carbocycles. The highest BCUT2D eigenvalue weighted by Gasteiger charge is 2.45. The van der Waals surface area contributed by atoms with Gasteiger partial charge in [-0.1, -0.05) is 12.1 Å². The van der Waals surface area contributed by atoms with Gasteiger partial charge in [0.2, 0.25) is 5.65 Å². The Morgan fingerprint density at radius 2 is 1.91 bits per heavy atom. The third-order valence-corrected chi connectivity index (χ3v) is 7.36. The molecule has 35 heavy (non-hydrogen) atoms. The van der Waals surface area contributed by atoms with E-state index in [-0.39, 0.29) is 5.75 Å². The molecule has 4 heterocycles. The number of alkyl halides is 3. The van der Waals surface area contributed by atoms with Crippen molar-refractivity contribution in [2.24, 2.45) is 11.1 Å². The summed E-state index contributed by atoms with van der Waals surface area (Å²) in [6.07, 6.45) is -0.553. The summed E-state index contributed by atoms with van der Waals surface area (Å²) in [7, 11) is 1.99. The number of hydrogen-bond acceptors (Lipinski definition) is 8. The number of nitrogens with two attached hydrogens (primary N) is 1. The fourth-order valence-corrected chi connectivity index (χ4v) is 5.62. The molecule has 186 valence electrons. The number of rotatable bonds is 3. The van der Waals surface area contributed by atoms with Crippen LogP contribution in [0, 0.1) is 5.41 Å². The van der Waals surface area contributed by atoms with Crippen molar-refractivity contribution in [2.45, 2.75) is 38.1 Å². The van der Waals surface area contributed by atoms with Crippen LogP contribution in [0.3, 0.4) is 0 Å². The molecule has 12 heteroatoms. The molecule has 0 atom stereocenters. The molecular weight excluding hydrogens is 463 g/mol. The fraction of sp³-hybridized carbons (Fsp3) is 0.522. The van der Waals surface area contributed by atoms with Crippen molar-refractivity contribution in [3.63, 3.8) is 0 Å². The maximum absolute atomic E-state index is 12.8. The largest absolute Gasteiger partial charge is 0.573 e. The van der Waals surface area contributed by atoms with E-state index in [4.69, 9.17) is 15.6 Å². The van der Waals surface area contributed by atoms with Crippen LogP contribution in [-0.4, -0.2) is 65.5 Å². The molecule has 2 N–H and O–H groups in total. The lowest BCUT2D eigenvalue weighted by Gasteiger charge is -2.51. The topological polar surface area (TPSA) is 94.0 Å². The van der Waals surface area contributed by atoms with E-state index < -0.39 is 6.36 Å². The highest BCUT2D eigenvalue weighted by Crippen LogP contribution is 2.50. The molecule has 2 aromatic heterocycles. The number of ether oxygens (including phenoxy) is 2. The first-order valence-electron chi connectivity index (χ1n) is 11.7. The second-order valence-corrected chi connectivity index (χ2v) is 9.76. The van der Waals surface area contributed by atoms with Crippen molar-refractivity contribution in [3.05, 3.63) is 24.3 Å². The Morgan fingerprint density at radius 1 is 1.14 bits per heavy atom. The number of likely N-dealkylation sites (N-methyl/N-ethyl adjacent to an activating group) is 1. The maximum Gasteiger partial charge on any atom is 0.573 e. The van der Waals surface area contributed by atoms with Crippen molar-refractivity contribution in [2.75, 3.05) is 43.1 Å². The second kappa shape index (κ2) is 7.87. The normalized spacial score (nSPS) is 20.0. The zero-order chi connectivity index (χ0) is 24.4. The molecule has 1 spiro atoms. The van der Waals surface area contributed by atoms with Gasteiger partial charge in [0.1, 0.15) is 18.0 Å². The second-order valence-electron chi connectivity index (χ2n) is 9.76. The molecule has 2 fully saturated rings. The first kappa shape index (κ1) is 22.2. The van der Waals surface area contributed by atoms with Crippen LogP contribution in [0.5, 0.6) is 11.5 Å². The predicted molar refractivity (Wildman–Crippen MR) is 123 cm³/mol. The van der Waals surface area contributed by atoms with Gasteiger partial charge in [0, 0.05) is 31.7 Å². The monoisotopic (exact) mass is 489 g/mol. The predicted octanol–water partition coefficient (Wildman–Crippen LogP) is 3.23.